The number of likely N-dealkylation sites (tertiary alicyclic amines) is 1. The van der Waals surface area contributed by atoms with Crippen LogP contribution >= 0.6 is 23.7 Å². The number of hydrogen-bond donors (Lipinski definition) is 1. The summed E-state index contributed by atoms with van der Waals surface area (Å²) in [5.41, 5.74) is 7.16. The molecule has 5 nitrogen and oxygen atoms in total. The summed E-state index contributed by atoms with van der Waals surface area (Å²) in [7, 11) is 0. The van der Waals surface area contributed by atoms with Gasteiger partial charge in [-0.25, -0.2) is 0 Å². The number of nitrogens with two attached hydrogens (primary N) is 1. The summed E-state index contributed by atoms with van der Waals surface area (Å²) >= 11 is 1.52. The number of carbonyl (C=O) groups is 1. The fraction of sp³-hybridized carbons (Fsp3) is 0.450. The van der Waals surface area contributed by atoms with Crippen molar-refractivity contribution < 1.29 is 14.3 Å². The number of thiophene rings is 1. The van der Waals surface area contributed by atoms with Gasteiger partial charge in [0.2, 0.25) is 0 Å². The Morgan fingerprint density at radius 3 is 2.74 bits per heavy atom. The molecule has 1 saturated heterocycles. The van der Waals surface area contributed by atoms with E-state index >= 15 is 0 Å². The first-order valence-corrected chi connectivity index (χ1v) is 10.0. The molecule has 27 heavy (non-hydrogen) atoms. The number of carbonyl (C=O) groups excluding carboxylic acids is 1. The van der Waals surface area contributed by atoms with Crippen LogP contribution in [0, 0.1) is 0 Å². The van der Waals surface area contributed by atoms with Crippen LogP contribution in [-0.2, 0) is 0 Å². The van der Waals surface area contributed by atoms with E-state index in [-0.39, 0.29) is 30.4 Å². The molecule has 4 rings (SSSR count). The second-order valence-corrected chi connectivity index (χ2v) is 8.03. The Morgan fingerprint density at radius 1 is 1.19 bits per heavy atom. The minimum atomic E-state index is -0.00326. The quantitative estimate of drug-likeness (QED) is 0.835. The van der Waals surface area contributed by atoms with Crippen molar-refractivity contribution in [3.05, 3.63) is 35.2 Å². The fourth-order valence-corrected chi connectivity index (χ4v) is 4.66. The molecular weight excluding hydrogens is 384 g/mol. The number of nitrogens with zero attached hydrogens (tertiary/aromatic N) is 1. The van der Waals surface area contributed by atoms with E-state index in [1.165, 1.54) is 11.3 Å². The largest absolute Gasteiger partial charge is 0.486 e. The average Bonchev–Trinajstić information content (AvgIpc) is 3.17. The molecule has 7 heteroatoms. The van der Waals surface area contributed by atoms with Crippen LogP contribution in [0.25, 0.3) is 10.4 Å². The Kier molecular flexibility index (Phi) is 6.29. The maximum absolute atomic E-state index is 13.0. The van der Waals surface area contributed by atoms with Crippen LogP contribution < -0.4 is 15.2 Å². The van der Waals surface area contributed by atoms with Crippen LogP contribution in [0.1, 0.15) is 35.9 Å². The number of amides is 1. The Bertz CT molecular complexity index is 808. The highest BCUT2D eigenvalue weighted by atomic mass is 35.5. The maximum atomic E-state index is 13.0. The van der Waals surface area contributed by atoms with Crippen LogP contribution in [0.4, 0.5) is 0 Å². The first-order valence-electron chi connectivity index (χ1n) is 9.20. The van der Waals surface area contributed by atoms with Gasteiger partial charge in [-0.1, -0.05) is 0 Å². The van der Waals surface area contributed by atoms with Gasteiger partial charge < -0.3 is 20.1 Å². The predicted octanol–water partition coefficient (Wildman–Crippen LogP) is 3.95. The third kappa shape index (κ3) is 4.08. The number of piperidine rings is 1. The summed E-state index contributed by atoms with van der Waals surface area (Å²) < 4.78 is 11.2. The first-order chi connectivity index (χ1) is 12.6. The van der Waals surface area contributed by atoms with Crippen molar-refractivity contribution in [1.82, 2.24) is 4.90 Å². The van der Waals surface area contributed by atoms with E-state index in [2.05, 4.69) is 0 Å². The van der Waals surface area contributed by atoms with E-state index in [0.717, 1.165) is 52.6 Å². The molecule has 0 aliphatic carbocycles. The highest BCUT2D eigenvalue weighted by Crippen LogP contribution is 2.37. The number of ether oxygens (including phenoxy) is 2. The standard InChI is InChI=1S/C20H24N2O3S.ClH/c1-13(21)15-4-2-3-9-22(15)20(23)19-8-7-18(26-19)14-5-6-16-17(12-14)25-11-10-24-16;/h5-8,12-13,15H,2-4,9-11,21H2,1H3;1H. The second-order valence-electron chi connectivity index (χ2n) is 6.94. The van der Waals surface area contributed by atoms with Crippen molar-refractivity contribution in [2.45, 2.75) is 38.3 Å². The van der Waals surface area contributed by atoms with Crippen molar-refractivity contribution in [2.75, 3.05) is 19.8 Å². The number of rotatable bonds is 3. The summed E-state index contributed by atoms with van der Waals surface area (Å²) in [6.45, 7) is 3.94. The molecule has 1 aromatic heterocycles. The normalized spacial score (nSPS) is 19.9. The molecule has 2 unspecified atom stereocenters. The third-order valence-electron chi connectivity index (χ3n) is 5.06. The van der Waals surface area contributed by atoms with Gasteiger partial charge in [0.05, 0.1) is 4.88 Å². The van der Waals surface area contributed by atoms with E-state index in [0.29, 0.717) is 13.2 Å². The van der Waals surface area contributed by atoms with Gasteiger partial charge in [-0.2, -0.15) is 0 Å². The van der Waals surface area contributed by atoms with Crippen LogP contribution in [0.3, 0.4) is 0 Å². The van der Waals surface area contributed by atoms with E-state index in [9.17, 15) is 4.79 Å². The highest BCUT2D eigenvalue weighted by Gasteiger charge is 2.30. The Morgan fingerprint density at radius 2 is 1.96 bits per heavy atom. The first kappa shape index (κ1) is 20.0. The van der Waals surface area contributed by atoms with Gasteiger partial charge >= 0.3 is 0 Å². The molecule has 2 atom stereocenters. The molecule has 1 fully saturated rings. The van der Waals surface area contributed by atoms with Crippen LogP contribution in [0.5, 0.6) is 11.5 Å². The van der Waals surface area contributed by atoms with Gasteiger partial charge in [0.1, 0.15) is 13.2 Å². The zero-order valence-electron chi connectivity index (χ0n) is 15.3. The zero-order chi connectivity index (χ0) is 18.1. The number of halogens is 1. The smallest absolute Gasteiger partial charge is 0.264 e. The molecule has 2 aliphatic rings. The average molecular weight is 409 g/mol. The lowest BCUT2D eigenvalue weighted by atomic mass is 9.97. The summed E-state index contributed by atoms with van der Waals surface area (Å²) in [6.07, 6.45) is 3.18. The lowest BCUT2D eigenvalue weighted by Gasteiger charge is -2.37. The van der Waals surface area contributed by atoms with Crippen molar-refractivity contribution in [1.29, 1.82) is 0 Å². The van der Waals surface area contributed by atoms with Crippen LogP contribution in [0.2, 0.25) is 0 Å². The summed E-state index contributed by atoms with van der Waals surface area (Å²) in [5, 5.41) is 0. The van der Waals surface area contributed by atoms with Crippen LogP contribution in [0.15, 0.2) is 30.3 Å². The molecular formula is C20H25ClN2O3S. The van der Waals surface area contributed by atoms with E-state index in [1.807, 2.05) is 42.2 Å². The van der Waals surface area contributed by atoms with Gasteiger partial charge in [0, 0.05) is 23.5 Å². The minimum Gasteiger partial charge on any atom is -0.486 e. The summed E-state index contributed by atoms with van der Waals surface area (Å²) in [4.78, 5) is 16.8. The number of benzene rings is 1. The molecule has 0 saturated carbocycles. The molecule has 0 spiro atoms. The maximum Gasteiger partial charge on any atom is 0.264 e. The number of fused-ring (bicyclic) bond motifs is 1. The molecule has 0 bridgehead atoms. The molecule has 3 heterocycles. The van der Waals surface area contributed by atoms with E-state index in [1.54, 1.807) is 0 Å². The predicted molar refractivity (Wildman–Crippen MR) is 110 cm³/mol. The van der Waals surface area contributed by atoms with Crippen molar-refractivity contribution in [2.24, 2.45) is 5.73 Å². The fourth-order valence-electron chi connectivity index (χ4n) is 3.70. The monoisotopic (exact) mass is 408 g/mol. The van der Waals surface area contributed by atoms with Gasteiger partial charge in [-0.05, 0) is 62.1 Å². The molecule has 1 aromatic carbocycles. The molecule has 2 aromatic rings. The SMILES string of the molecule is CC(N)C1CCCCN1C(=O)c1ccc(-c2ccc3c(c2)OCCO3)s1.Cl. The molecule has 0 radical (unpaired) electrons. The molecule has 146 valence electrons. The topological polar surface area (TPSA) is 64.8 Å². The minimum absolute atomic E-state index is 0. The van der Waals surface area contributed by atoms with Gasteiger partial charge in [-0.15, -0.1) is 23.7 Å². The van der Waals surface area contributed by atoms with Crippen molar-refractivity contribution in [3.8, 4) is 21.9 Å². The van der Waals surface area contributed by atoms with Gasteiger partial charge in [0.15, 0.2) is 11.5 Å². The molecule has 2 N–H and O–H groups in total. The second kappa shape index (κ2) is 8.50. The Hall–Kier alpha value is -1.76. The highest BCUT2D eigenvalue weighted by molar-refractivity contribution is 7.17. The lowest BCUT2D eigenvalue weighted by molar-refractivity contribution is 0.0589. The third-order valence-corrected chi connectivity index (χ3v) is 6.18. The number of hydrogen-bond acceptors (Lipinski definition) is 5. The van der Waals surface area contributed by atoms with E-state index in [4.69, 9.17) is 15.2 Å². The van der Waals surface area contributed by atoms with E-state index < -0.39 is 0 Å². The van der Waals surface area contributed by atoms with Crippen LogP contribution in [-0.4, -0.2) is 42.6 Å². The van der Waals surface area contributed by atoms with Crippen molar-refractivity contribution >= 4 is 29.7 Å². The Balaban J connectivity index is 0.00000210. The lowest BCUT2D eigenvalue weighted by Crippen LogP contribution is -2.51. The van der Waals surface area contributed by atoms with Gasteiger partial charge in [-0.3, -0.25) is 4.79 Å². The molecule has 2 aliphatic heterocycles. The summed E-state index contributed by atoms with van der Waals surface area (Å²) in [5.74, 6) is 1.64. The van der Waals surface area contributed by atoms with Crippen molar-refractivity contribution in [3.63, 3.8) is 0 Å². The van der Waals surface area contributed by atoms with Gasteiger partial charge in [0.25, 0.3) is 5.91 Å². The zero-order valence-corrected chi connectivity index (χ0v) is 17.0. The molecule has 1 amide bonds. The summed E-state index contributed by atoms with van der Waals surface area (Å²) in [6, 6.07) is 9.99. The Labute approximate surface area is 169 Å².